The van der Waals surface area contributed by atoms with Crippen LogP contribution in [0.4, 0.5) is 0 Å². The van der Waals surface area contributed by atoms with Gasteiger partial charge in [0.2, 0.25) is 0 Å². The molecule has 1 saturated heterocycles. The highest BCUT2D eigenvalue weighted by Gasteiger charge is 2.47. The van der Waals surface area contributed by atoms with Gasteiger partial charge in [0.05, 0.1) is 31.1 Å². The number of aryl methyl sites for hydroxylation is 1. The number of likely N-dealkylation sites (tertiary alicyclic amines) is 1. The Morgan fingerprint density at radius 2 is 1.79 bits per heavy atom. The SMILES string of the molecule is COc1ccc(-c2ccc3cc(-c4nc5cc(C(=O)N6C[C@H]7CC[C@@H]6[C@@H]7N)cc(OC)c5n4C)n(CC4CC4)c3n2)cc1. The van der Waals surface area contributed by atoms with E-state index in [0.717, 1.165) is 76.5 Å². The molecule has 2 saturated carbocycles. The first-order valence-electron chi connectivity index (χ1n) is 15.2. The minimum Gasteiger partial charge on any atom is -0.497 e. The number of imidazole rings is 1. The number of hydrogen-bond acceptors (Lipinski definition) is 6. The van der Waals surface area contributed by atoms with E-state index in [1.54, 1.807) is 14.2 Å². The number of carbonyl (C=O) groups excluding carboxylic acids is 1. The summed E-state index contributed by atoms with van der Waals surface area (Å²) >= 11 is 0. The third-order valence-electron chi connectivity index (χ3n) is 9.81. The first kappa shape index (κ1) is 26.3. The molecule has 0 spiro atoms. The number of rotatable bonds is 7. The van der Waals surface area contributed by atoms with Crippen LogP contribution in [-0.2, 0) is 13.6 Å². The van der Waals surface area contributed by atoms with Crippen LogP contribution in [0.5, 0.6) is 11.5 Å². The third kappa shape index (κ3) is 4.20. The maximum absolute atomic E-state index is 13.7. The number of aromatic nitrogens is 4. The van der Waals surface area contributed by atoms with E-state index in [2.05, 4.69) is 27.3 Å². The standard InChI is InChI=1S/C34H36N6O3/c1-38-31-26(14-23(16-29(31)43-3)34(41)40-18-22-9-13-27(40)30(22)35)37-33(38)28-15-21-8-12-25(20-6-10-24(42-2)11-7-20)36-32(21)39(28)17-19-4-5-19/h6-8,10-12,14-16,19,22,27,30H,4-5,9,13,17-18,35H2,1-3H3/t22-,27-,30-/m1/s1. The second-order valence-electron chi connectivity index (χ2n) is 12.4. The Bertz CT molecular complexity index is 1890. The molecule has 2 bridgehead atoms. The van der Waals surface area contributed by atoms with Gasteiger partial charge in [-0.25, -0.2) is 9.97 Å². The normalized spacial score (nSPS) is 21.3. The van der Waals surface area contributed by atoms with Crippen molar-refractivity contribution in [3.05, 3.63) is 60.2 Å². The molecule has 3 fully saturated rings. The molecule has 4 heterocycles. The van der Waals surface area contributed by atoms with Crippen molar-refractivity contribution in [2.24, 2.45) is 24.6 Å². The first-order valence-corrected chi connectivity index (χ1v) is 15.2. The Hall–Kier alpha value is -4.37. The predicted molar refractivity (Wildman–Crippen MR) is 166 cm³/mol. The van der Waals surface area contributed by atoms with Crippen LogP contribution in [0.2, 0.25) is 0 Å². The molecular formula is C34H36N6O3. The summed E-state index contributed by atoms with van der Waals surface area (Å²) in [6.07, 6.45) is 4.53. The quantitative estimate of drug-likeness (QED) is 0.284. The van der Waals surface area contributed by atoms with Crippen molar-refractivity contribution in [2.45, 2.75) is 44.3 Å². The summed E-state index contributed by atoms with van der Waals surface area (Å²) in [6.45, 7) is 1.62. The summed E-state index contributed by atoms with van der Waals surface area (Å²) in [6, 6.07) is 18.4. The number of benzene rings is 2. The first-order chi connectivity index (χ1) is 20.9. The molecule has 220 valence electrons. The van der Waals surface area contributed by atoms with Gasteiger partial charge < -0.3 is 29.2 Å². The summed E-state index contributed by atoms with van der Waals surface area (Å²) in [5, 5.41) is 1.07. The van der Waals surface area contributed by atoms with Gasteiger partial charge in [-0.05, 0) is 92.1 Å². The van der Waals surface area contributed by atoms with E-state index >= 15 is 0 Å². The van der Waals surface area contributed by atoms with E-state index < -0.39 is 0 Å². The zero-order valence-corrected chi connectivity index (χ0v) is 24.8. The van der Waals surface area contributed by atoms with Crippen molar-refractivity contribution in [1.29, 1.82) is 0 Å². The summed E-state index contributed by atoms with van der Waals surface area (Å²) in [4.78, 5) is 25.9. The number of nitrogens with two attached hydrogens (primary N) is 1. The van der Waals surface area contributed by atoms with Gasteiger partial charge >= 0.3 is 0 Å². The third-order valence-corrected chi connectivity index (χ3v) is 9.81. The van der Waals surface area contributed by atoms with Crippen LogP contribution in [0.1, 0.15) is 36.0 Å². The summed E-state index contributed by atoms with van der Waals surface area (Å²) in [5.74, 6) is 3.32. The molecule has 1 amide bonds. The highest BCUT2D eigenvalue weighted by Crippen LogP contribution is 2.40. The number of methoxy groups -OCH3 is 2. The number of carbonyl (C=O) groups is 1. The van der Waals surface area contributed by atoms with Crippen LogP contribution in [0.15, 0.2) is 54.6 Å². The van der Waals surface area contributed by atoms with Crippen molar-refractivity contribution in [3.63, 3.8) is 0 Å². The molecule has 3 aliphatic rings. The van der Waals surface area contributed by atoms with E-state index in [1.165, 1.54) is 12.8 Å². The van der Waals surface area contributed by atoms with Crippen LogP contribution in [-0.4, -0.2) is 62.8 Å². The summed E-state index contributed by atoms with van der Waals surface area (Å²) < 4.78 is 15.6. The molecule has 43 heavy (non-hydrogen) atoms. The highest BCUT2D eigenvalue weighted by molar-refractivity contribution is 6.00. The highest BCUT2D eigenvalue weighted by atomic mass is 16.5. The molecule has 3 atom stereocenters. The van der Waals surface area contributed by atoms with E-state index in [4.69, 9.17) is 25.2 Å². The molecule has 2 aromatic carbocycles. The molecule has 9 heteroatoms. The van der Waals surface area contributed by atoms with Crippen molar-refractivity contribution in [2.75, 3.05) is 20.8 Å². The second kappa shape index (κ2) is 9.84. The fourth-order valence-electron chi connectivity index (χ4n) is 7.25. The smallest absolute Gasteiger partial charge is 0.254 e. The number of ether oxygens (including phenoxy) is 2. The Labute approximate surface area is 250 Å². The van der Waals surface area contributed by atoms with Crippen molar-refractivity contribution in [1.82, 2.24) is 24.0 Å². The Morgan fingerprint density at radius 1 is 0.977 bits per heavy atom. The maximum Gasteiger partial charge on any atom is 0.254 e. The van der Waals surface area contributed by atoms with Crippen LogP contribution in [0, 0.1) is 11.8 Å². The fourth-order valence-corrected chi connectivity index (χ4v) is 7.25. The van der Waals surface area contributed by atoms with Crippen LogP contribution in [0.25, 0.3) is 44.8 Å². The van der Waals surface area contributed by atoms with Gasteiger partial charge in [-0.3, -0.25) is 4.79 Å². The Balaban J connectivity index is 1.23. The largest absolute Gasteiger partial charge is 0.497 e. The van der Waals surface area contributed by atoms with Gasteiger partial charge in [0, 0.05) is 48.7 Å². The van der Waals surface area contributed by atoms with Crippen LogP contribution < -0.4 is 15.2 Å². The van der Waals surface area contributed by atoms with Gasteiger partial charge in [0.1, 0.15) is 22.7 Å². The van der Waals surface area contributed by atoms with Crippen molar-refractivity contribution < 1.29 is 14.3 Å². The molecule has 5 aromatic rings. The number of fused-ring (bicyclic) bond motifs is 4. The second-order valence-corrected chi connectivity index (χ2v) is 12.4. The Kier molecular flexibility index (Phi) is 6.01. The molecule has 0 unspecified atom stereocenters. The molecule has 2 N–H and O–H groups in total. The molecule has 8 rings (SSSR count). The molecule has 2 aliphatic carbocycles. The molecule has 3 aromatic heterocycles. The Morgan fingerprint density at radius 3 is 2.47 bits per heavy atom. The minimum absolute atomic E-state index is 0.00756. The van der Waals surface area contributed by atoms with Gasteiger partial charge in [-0.2, -0.15) is 0 Å². The topological polar surface area (TPSA) is 100 Å². The van der Waals surface area contributed by atoms with E-state index in [1.807, 2.05) is 48.3 Å². The number of hydrogen-bond donors (Lipinski definition) is 1. The lowest BCUT2D eigenvalue weighted by molar-refractivity contribution is 0.0700. The number of pyridine rings is 1. The van der Waals surface area contributed by atoms with Gasteiger partial charge in [-0.15, -0.1) is 0 Å². The van der Waals surface area contributed by atoms with Crippen LogP contribution in [0.3, 0.4) is 0 Å². The van der Waals surface area contributed by atoms with Crippen LogP contribution >= 0.6 is 0 Å². The molecule has 1 aliphatic heterocycles. The summed E-state index contributed by atoms with van der Waals surface area (Å²) in [5.41, 5.74) is 12.5. The van der Waals surface area contributed by atoms with Crippen molar-refractivity contribution >= 4 is 28.0 Å². The average Bonchev–Trinajstić information content (AvgIpc) is 3.44. The average molecular weight is 577 g/mol. The lowest BCUT2D eigenvalue weighted by Crippen LogP contribution is -2.41. The van der Waals surface area contributed by atoms with E-state index in [0.29, 0.717) is 23.1 Å². The lowest BCUT2D eigenvalue weighted by atomic mass is 10.1. The van der Waals surface area contributed by atoms with E-state index in [-0.39, 0.29) is 18.0 Å². The number of piperidine rings is 1. The zero-order valence-electron chi connectivity index (χ0n) is 24.8. The fraction of sp³-hybridized carbons (Fsp3) is 0.382. The van der Waals surface area contributed by atoms with E-state index in [9.17, 15) is 4.79 Å². The maximum atomic E-state index is 13.7. The molecular weight excluding hydrogens is 540 g/mol. The number of amides is 1. The summed E-state index contributed by atoms with van der Waals surface area (Å²) in [7, 11) is 5.34. The lowest BCUT2D eigenvalue weighted by Gasteiger charge is -2.27. The molecule has 0 radical (unpaired) electrons. The van der Waals surface area contributed by atoms with Crippen molar-refractivity contribution in [3.8, 4) is 34.3 Å². The number of nitrogens with zero attached hydrogens (tertiary/aromatic N) is 5. The van der Waals surface area contributed by atoms with Gasteiger partial charge in [0.25, 0.3) is 5.91 Å². The predicted octanol–water partition coefficient (Wildman–Crippen LogP) is 5.25. The van der Waals surface area contributed by atoms with Gasteiger partial charge in [0.15, 0.2) is 5.82 Å². The zero-order chi connectivity index (χ0) is 29.4. The minimum atomic E-state index is 0.00756. The monoisotopic (exact) mass is 576 g/mol. The van der Waals surface area contributed by atoms with Gasteiger partial charge in [-0.1, -0.05) is 0 Å². The molecule has 9 nitrogen and oxygen atoms in total.